The zero-order chi connectivity index (χ0) is 16.1. The molecule has 0 amide bonds. The van der Waals surface area contributed by atoms with Crippen molar-refractivity contribution in [3.8, 4) is 0 Å². The molecule has 3 rings (SSSR count). The first-order chi connectivity index (χ1) is 11.2. The number of rotatable bonds is 5. The van der Waals surface area contributed by atoms with Gasteiger partial charge in [-0.3, -0.25) is 4.90 Å². The molecule has 2 aliphatic heterocycles. The van der Waals surface area contributed by atoms with E-state index >= 15 is 0 Å². The Labute approximate surface area is 140 Å². The van der Waals surface area contributed by atoms with Crippen molar-refractivity contribution >= 4 is 17.1 Å². The molecule has 0 radical (unpaired) electrons. The maximum absolute atomic E-state index is 6.23. The Morgan fingerprint density at radius 3 is 2.57 bits per heavy atom. The molecule has 0 saturated carbocycles. The Kier molecular flexibility index (Phi) is 5.62. The van der Waals surface area contributed by atoms with E-state index in [1.165, 1.54) is 30.6 Å². The number of piperidine rings is 1. The van der Waals surface area contributed by atoms with E-state index in [-0.39, 0.29) is 0 Å². The van der Waals surface area contributed by atoms with Gasteiger partial charge in [-0.15, -0.1) is 0 Å². The van der Waals surface area contributed by atoms with Gasteiger partial charge in [0.15, 0.2) is 0 Å². The van der Waals surface area contributed by atoms with Crippen molar-refractivity contribution in [3.63, 3.8) is 0 Å². The molecule has 0 aliphatic carbocycles. The van der Waals surface area contributed by atoms with Gasteiger partial charge in [-0.05, 0) is 37.5 Å². The molecule has 0 atom stereocenters. The van der Waals surface area contributed by atoms with Gasteiger partial charge in [-0.1, -0.05) is 0 Å². The summed E-state index contributed by atoms with van der Waals surface area (Å²) in [6, 6.07) is 6.46. The van der Waals surface area contributed by atoms with Crippen LogP contribution < -0.4 is 15.5 Å². The van der Waals surface area contributed by atoms with Gasteiger partial charge in [-0.2, -0.15) is 0 Å². The van der Waals surface area contributed by atoms with Crippen LogP contribution in [-0.4, -0.2) is 64.4 Å². The van der Waals surface area contributed by atoms with Crippen LogP contribution in [0.3, 0.4) is 0 Å². The lowest BCUT2D eigenvalue weighted by molar-refractivity contribution is 0.0393. The molecule has 0 spiro atoms. The molecule has 128 valence electrons. The zero-order valence-corrected chi connectivity index (χ0v) is 14.3. The highest BCUT2D eigenvalue weighted by molar-refractivity contribution is 5.73. The first-order valence-electron chi connectivity index (χ1n) is 8.90. The van der Waals surface area contributed by atoms with Crippen molar-refractivity contribution in [2.24, 2.45) is 0 Å². The summed E-state index contributed by atoms with van der Waals surface area (Å²) in [6.07, 6.45) is 3.89. The molecule has 2 aliphatic rings. The van der Waals surface area contributed by atoms with Gasteiger partial charge >= 0.3 is 0 Å². The summed E-state index contributed by atoms with van der Waals surface area (Å²) in [5, 5.41) is 0. The normalized spacial score (nSPS) is 19.8. The van der Waals surface area contributed by atoms with Crippen LogP contribution in [0.5, 0.6) is 0 Å². The minimum Gasteiger partial charge on any atom is -0.397 e. The van der Waals surface area contributed by atoms with Crippen LogP contribution in [0.2, 0.25) is 0 Å². The lowest BCUT2D eigenvalue weighted by Gasteiger charge is -2.32. The number of morpholine rings is 1. The van der Waals surface area contributed by atoms with E-state index in [4.69, 9.17) is 10.5 Å². The summed E-state index contributed by atoms with van der Waals surface area (Å²) in [7, 11) is 2.17. The number of nitrogens with zero attached hydrogens (tertiary/aromatic N) is 3. The SMILES string of the molecule is CN(CCN1CCOCC1)c1ccc(N)c(N2CCCCC2)c1. The van der Waals surface area contributed by atoms with Gasteiger partial charge in [0.1, 0.15) is 0 Å². The lowest BCUT2D eigenvalue weighted by atomic mass is 10.1. The number of ether oxygens (including phenoxy) is 1. The Balaban J connectivity index is 1.61. The monoisotopic (exact) mass is 318 g/mol. The minimum atomic E-state index is 0.866. The van der Waals surface area contributed by atoms with Crippen molar-refractivity contribution < 1.29 is 4.74 Å². The average Bonchev–Trinajstić information content (AvgIpc) is 2.62. The van der Waals surface area contributed by atoms with E-state index in [0.29, 0.717) is 0 Å². The van der Waals surface area contributed by atoms with E-state index in [0.717, 1.165) is 58.2 Å². The molecule has 0 unspecified atom stereocenters. The molecule has 5 nitrogen and oxygen atoms in total. The fraction of sp³-hybridized carbons (Fsp3) is 0.667. The number of likely N-dealkylation sites (N-methyl/N-ethyl adjacent to an activating group) is 1. The Bertz CT molecular complexity index is 496. The summed E-state index contributed by atoms with van der Waals surface area (Å²) in [4.78, 5) is 7.25. The molecule has 2 N–H and O–H groups in total. The second-order valence-corrected chi connectivity index (χ2v) is 6.67. The van der Waals surface area contributed by atoms with Gasteiger partial charge in [0, 0.05) is 52.0 Å². The number of hydrogen-bond acceptors (Lipinski definition) is 5. The van der Waals surface area contributed by atoms with Crippen molar-refractivity contribution in [2.75, 3.05) is 75.1 Å². The van der Waals surface area contributed by atoms with Crippen molar-refractivity contribution in [2.45, 2.75) is 19.3 Å². The van der Waals surface area contributed by atoms with E-state index in [1.807, 2.05) is 0 Å². The standard InChI is InChI=1S/C18H30N4O/c1-20(9-10-21-11-13-23-14-12-21)16-5-6-17(19)18(15-16)22-7-3-2-4-8-22/h5-6,15H,2-4,7-14,19H2,1H3. The summed E-state index contributed by atoms with van der Waals surface area (Å²) in [6.45, 7) is 8.21. The molecule has 5 heteroatoms. The van der Waals surface area contributed by atoms with Crippen molar-refractivity contribution in [1.82, 2.24) is 4.90 Å². The topological polar surface area (TPSA) is 45.0 Å². The average molecular weight is 318 g/mol. The Morgan fingerprint density at radius 2 is 1.83 bits per heavy atom. The number of nitrogen functional groups attached to an aromatic ring is 1. The molecular formula is C18H30N4O. The molecule has 2 heterocycles. The van der Waals surface area contributed by atoms with Crippen LogP contribution >= 0.6 is 0 Å². The molecule has 0 bridgehead atoms. The molecule has 1 aromatic carbocycles. The number of nitrogens with two attached hydrogens (primary N) is 1. The zero-order valence-electron chi connectivity index (χ0n) is 14.3. The molecule has 23 heavy (non-hydrogen) atoms. The number of benzene rings is 1. The molecule has 1 aromatic rings. The largest absolute Gasteiger partial charge is 0.397 e. The minimum absolute atomic E-state index is 0.866. The smallest absolute Gasteiger partial charge is 0.0620 e. The van der Waals surface area contributed by atoms with Gasteiger partial charge in [0.05, 0.1) is 24.6 Å². The quantitative estimate of drug-likeness (QED) is 0.842. The van der Waals surface area contributed by atoms with Crippen LogP contribution in [0, 0.1) is 0 Å². The van der Waals surface area contributed by atoms with Crippen LogP contribution in [0.15, 0.2) is 18.2 Å². The second-order valence-electron chi connectivity index (χ2n) is 6.67. The van der Waals surface area contributed by atoms with Gasteiger partial charge in [0.25, 0.3) is 0 Å². The summed E-state index contributed by atoms with van der Waals surface area (Å²) in [5.41, 5.74) is 9.60. The first-order valence-corrected chi connectivity index (χ1v) is 8.90. The maximum atomic E-state index is 6.23. The first kappa shape index (κ1) is 16.4. The van der Waals surface area contributed by atoms with E-state index in [9.17, 15) is 0 Å². The molecule has 2 saturated heterocycles. The predicted molar refractivity (Wildman–Crippen MR) is 97.4 cm³/mol. The van der Waals surface area contributed by atoms with Crippen LogP contribution in [0.25, 0.3) is 0 Å². The third kappa shape index (κ3) is 4.30. The summed E-state index contributed by atoms with van der Waals surface area (Å²) < 4.78 is 5.41. The Hall–Kier alpha value is -1.46. The second kappa shape index (κ2) is 7.88. The maximum Gasteiger partial charge on any atom is 0.0620 e. The number of hydrogen-bond donors (Lipinski definition) is 1. The highest BCUT2D eigenvalue weighted by atomic mass is 16.5. The van der Waals surface area contributed by atoms with Crippen molar-refractivity contribution in [3.05, 3.63) is 18.2 Å². The highest BCUT2D eigenvalue weighted by Crippen LogP contribution is 2.30. The fourth-order valence-corrected chi connectivity index (χ4v) is 3.42. The summed E-state index contributed by atoms with van der Waals surface area (Å²) >= 11 is 0. The third-order valence-corrected chi connectivity index (χ3v) is 5.01. The molecule has 0 aromatic heterocycles. The third-order valence-electron chi connectivity index (χ3n) is 5.01. The van der Waals surface area contributed by atoms with Gasteiger partial charge < -0.3 is 20.3 Å². The lowest BCUT2D eigenvalue weighted by Crippen LogP contribution is -2.40. The van der Waals surface area contributed by atoms with Crippen LogP contribution in [-0.2, 0) is 4.74 Å². The number of anilines is 3. The Morgan fingerprint density at radius 1 is 1.09 bits per heavy atom. The van der Waals surface area contributed by atoms with Gasteiger partial charge in [0.2, 0.25) is 0 Å². The van der Waals surface area contributed by atoms with E-state index in [2.05, 4.69) is 39.9 Å². The van der Waals surface area contributed by atoms with E-state index in [1.54, 1.807) is 0 Å². The summed E-state index contributed by atoms with van der Waals surface area (Å²) in [5.74, 6) is 0. The fourth-order valence-electron chi connectivity index (χ4n) is 3.42. The van der Waals surface area contributed by atoms with E-state index < -0.39 is 0 Å². The van der Waals surface area contributed by atoms with Crippen molar-refractivity contribution in [1.29, 1.82) is 0 Å². The van der Waals surface area contributed by atoms with Gasteiger partial charge in [-0.25, -0.2) is 0 Å². The predicted octanol–water partition coefficient (Wildman–Crippen LogP) is 2.03. The van der Waals surface area contributed by atoms with Crippen LogP contribution in [0.4, 0.5) is 17.1 Å². The molecule has 2 fully saturated rings. The molecular weight excluding hydrogens is 288 g/mol. The van der Waals surface area contributed by atoms with Crippen LogP contribution in [0.1, 0.15) is 19.3 Å². The highest BCUT2D eigenvalue weighted by Gasteiger charge is 2.16.